The highest BCUT2D eigenvalue weighted by atomic mass is 32.1. The first-order chi connectivity index (χ1) is 12.8. The van der Waals surface area contributed by atoms with E-state index in [1.165, 1.54) is 27.1 Å². The van der Waals surface area contributed by atoms with Crippen molar-refractivity contribution in [3.05, 3.63) is 57.0 Å². The standard InChI is InChI=1S/C19H20N4O3S/c1-11-12(2)27-17-16(11)19(26)23(10-20-17)9-15(24)21-14-7-5-13(6-8-14)18(25)22(3)4/h5-8,10H,9H2,1-4H3,(H,21,24). The second-order valence-corrected chi connectivity index (χ2v) is 7.67. The minimum atomic E-state index is -0.338. The third-order valence-electron chi connectivity index (χ3n) is 4.29. The van der Waals surface area contributed by atoms with Crippen LogP contribution in [0.2, 0.25) is 0 Å². The number of nitrogens with zero attached hydrogens (tertiary/aromatic N) is 3. The summed E-state index contributed by atoms with van der Waals surface area (Å²) >= 11 is 1.47. The molecule has 0 fully saturated rings. The Morgan fingerprint density at radius 2 is 1.85 bits per heavy atom. The minimum Gasteiger partial charge on any atom is -0.345 e. The lowest BCUT2D eigenvalue weighted by molar-refractivity contribution is -0.116. The average Bonchev–Trinajstić information content (AvgIpc) is 2.92. The zero-order valence-electron chi connectivity index (χ0n) is 15.6. The van der Waals surface area contributed by atoms with Crippen LogP contribution in [0.3, 0.4) is 0 Å². The van der Waals surface area contributed by atoms with Gasteiger partial charge in [0.1, 0.15) is 11.4 Å². The van der Waals surface area contributed by atoms with Crippen LogP contribution >= 0.6 is 11.3 Å². The molecule has 0 saturated heterocycles. The van der Waals surface area contributed by atoms with Crippen molar-refractivity contribution in [2.24, 2.45) is 0 Å². The van der Waals surface area contributed by atoms with E-state index in [9.17, 15) is 14.4 Å². The lowest BCUT2D eigenvalue weighted by Gasteiger charge is -2.11. The van der Waals surface area contributed by atoms with Crippen LogP contribution in [0.15, 0.2) is 35.4 Å². The first-order valence-electron chi connectivity index (χ1n) is 8.34. The number of aromatic nitrogens is 2. The third kappa shape index (κ3) is 3.75. The number of hydrogen-bond donors (Lipinski definition) is 1. The van der Waals surface area contributed by atoms with Crippen LogP contribution < -0.4 is 10.9 Å². The lowest BCUT2D eigenvalue weighted by Crippen LogP contribution is -2.28. The normalized spacial score (nSPS) is 10.8. The summed E-state index contributed by atoms with van der Waals surface area (Å²) in [6, 6.07) is 6.61. The van der Waals surface area contributed by atoms with Crippen LogP contribution in [0.25, 0.3) is 10.2 Å². The molecule has 1 aromatic carbocycles. The highest BCUT2D eigenvalue weighted by Crippen LogP contribution is 2.25. The number of carbonyl (C=O) groups excluding carboxylic acids is 2. The van der Waals surface area contributed by atoms with Crippen molar-refractivity contribution in [2.45, 2.75) is 20.4 Å². The summed E-state index contributed by atoms with van der Waals surface area (Å²) < 4.78 is 1.31. The maximum absolute atomic E-state index is 12.6. The van der Waals surface area contributed by atoms with E-state index in [0.717, 1.165) is 10.4 Å². The molecule has 0 spiro atoms. The van der Waals surface area contributed by atoms with Gasteiger partial charge in [-0.05, 0) is 43.7 Å². The zero-order chi connectivity index (χ0) is 19.7. The number of thiophene rings is 1. The summed E-state index contributed by atoms with van der Waals surface area (Å²) in [5.41, 5.74) is 1.78. The summed E-state index contributed by atoms with van der Waals surface area (Å²) in [6.07, 6.45) is 1.40. The van der Waals surface area contributed by atoms with Gasteiger partial charge in [0.15, 0.2) is 0 Å². The van der Waals surface area contributed by atoms with Gasteiger partial charge in [-0.1, -0.05) is 0 Å². The molecule has 0 saturated carbocycles. The van der Waals surface area contributed by atoms with E-state index in [1.54, 1.807) is 38.4 Å². The van der Waals surface area contributed by atoms with Gasteiger partial charge in [0.2, 0.25) is 5.91 Å². The quantitative estimate of drug-likeness (QED) is 0.749. The Kier molecular flexibility index (Phi) is 5.09. The molecule has 0 aliphatic rings. The molecule has 0 bridgehead atoms. The SMILES string of the molecule is Cc1sc2ncn(CC(=O)Nc3ccc(C(=O)N(C)C)cc3)c(=O)c2c1C. The van der Waals surface area contributed by atoms with Gasteiger partial charge >= 0.3 is 0 Å². The van der Waals surface area contributed by atoms with E-state index in [1.807, 2.05) is 13.8 Å². The molecule has 8 heteroatoms. The Balaban J connectivity index is 1.75. The molecule has 0 aliphatic carbocycles. The highest BCUT2D eigenvalue weighted by Gasteiger charge is 2.14. The third-order valence-corrected chi connectivity index (χ3v) is 5.41. The van der Waals surface area contributed by atoms with E-state index in [0.29, 0.717) is 21.5 Å². The largest absolute Gasteiger partial charge is 0.345 e. The summed E-state index contributed by atoms with van der Waals surface area (Å²) in [4.78, 5) is 44.4. The number of rotatable bonds is 4. The molecule has 140 valence electrons. The highest BCUT2D eigenvalue weighted by molar-refractivity contribution is 7.18. The molecule has 27 heavy (non-hydrogen) atoms. The second-order valence-electron chi connectivity index (χ2n) is 6.47. The Labute approximate surface area is 160 Å². The minimum absolute atomic E-state index is 0.111. The second kappa shape index (κ2) is 7.32. The number of hydrogen-bond acceptors (Lipinski definition) is 5. The molecule has 0 atom stereocenters. The van der Waals surface area contributed by atoms with Gasteiger partial charge in [0.25, 0.3) is 11.5 Å². The van der Waals surface area contributed by atoms with Crippen molar-refractivity contribution in [1.29, 1.82) is 0 Å². The number of benzene rings is 1. The van der Waals surface area contributed by atoms with E-state index in [-0.39, 0.29) is 23.9 Å². The number of fused-ring (bicyclic) bond motifs is 1. The molecule has 2 heterocycles. The van der Waals surface area contributed by atoms with Crippen LogP contribution in [-0.4, -0.2) is 40.4 Å². The molecule has 2 amide bonds. The van der Waals surface area contributed by atoms with Crippen LogP contribution in [0.4, 0.5) is 5.69 Å². The fraction of sp³-hybridized carbons (Fsp3) is 0.263. The number of anilines is 1. The average molecular weight is 384 g/mol. The van der Waals surface area contributed by atoms with Crippen LogP contribution in [-0.2, 0) is 11.3 Å². The molecule has 1 N–H and O–H groups in total. The maximum Gasteiger partial charge on any atom is 0.262 e. The monoisotopic (exact) mass is 384 g/mol. The van der Waals surface area contributed by atoms with Gasteiger partial charge < -0.3 is 10.2 Å². The fourth-order valence-corrected chi connectivity index (χ4v) is 3.68. The van der Waals surface area contributed by atoms with Crippen molar-refractivity contribution >= 4 is 39.1 Å². The van der Waals surface area contributed by atoms with E-state index in [2.05, 4.69) is 10.3 Å². The van der Waals surface area contributed by atoms with Gasteiger partial charge in [-0.2, -0.15) is 0 Å². The topological polar surface area (TPSA) is 84.3 Å². The van der Waals surface area contributed by atoms with Crippen molar-refractivity contribution in [1.82, 2.24) is 14.5 Å². The Hall–Kier alpha value is -3.00. The van der Waals surface area contributed by atoms with Gasteiger partial charge in [-0.25, -0.2) is 4.98 Å². The molecular weight excluding hydrogens is 364 g/mol. The van der Waals surface area contributed by atoms with Crippen molar-refractivity contribution < 1.29 is 9.59 Å². The molecule has 3 aromatic rings. The summed E-state index contributed by atoms with van der Waals surface area (Å²) in [5.74, 6) is -0.449. The Morgan fingerprint density at radius 1 is 1.19 bits per heavy atom. The van der Waals surface area contributed by atoms with Crippen molar-refractivity contribution in [3.63, 3.8) is 0 Å². The molecule has 2 aromatic heterocycles. The molecular formula is C19H20N4O3S. The predicted molar refractivity (Wildman–Crippen MR) is 106 cm³/mol. The molecule has 3 rings (SSSR count). The number of amides is 2. The molecule has 0 aliphatic heterocycles. The van der Waals surface area contributed by atoms with Crippen LogP contribution in [0.5, 0.6) is 0 Å². The predicted octanol–water partition coefficient (Wildman–Crippen LogP) is 2.42. The van der Waals surface area contributed by atoms with Gasteiger partial charge in [0.05, 0.1) is 11.7 Å². The lowest BCUT2D eigenvalue weighted by atomic mass is 10.2. The van der Waals surface area contributed by atoms with Crippen molar-refractivity contribution in [2.75, 3.05) is 19.4 Å². The van der Waals surface area contributed by atoms with Gasteiger partial charge in [-0.15, -0.1) is 11.3 Å². The smallest absolute Gasteiger partial charge is 0.262 e. The van der Waals surface area contributed by atoms with Crippen molar-refractivity contribution in [3.8, 4) is 0 Å². The van der Waals surface area contributed by atoms with Crippen LogP contribution in [0.1, 0.15) is 20.8 Å². The summed E-state index contributed by atoms with van der Waals surface area (Å²) in [5, 5.41) is 3.30. The summed E-state index contributed by atoms with van der Waals surface area (Å²) in [7, 11) is 3.36. The van der Waals surface area contributed by atoms with E-state index in [4.69, 9.17) is 0 Å². The van der Waals surface area contributed by atoms with E-state index >= 15 is 0 Å². The number of carbonyl (C=O) groups is 2. The fourth-order valence-electron chi connectivity index (χ4n) is 2.69. The number of nitrogens with one attached hydrogen (secondary N) is 1. The first-order valence-corrected chi connectivity index (χ1v) is 9.16. The van der Waals surface area contributed by atoms with Gasteiger partial charge in [0, 0.05) is 30.2 Å². The summed E-state index contributed by atoms with van der Waals surface area (Å²) in [6.45, 7) is 3.70. The van der Waals surface area contributed by atoms with E-state index < -0.39 is 0 Å². The Bertz CT molecular complexity index is 1080. The number of aryl methyl sites for hydroxylation is 2. The Morgan fingerprint density at radius 3 is 2.48 bits per heavy atom. The first kappa shape index (κ1) is 18.8. The molecule has 7 nitrogen and oxygen atoms in total. The molecule has 0 unspecified atom stereocenters. The molecule has 0 radical (unpaired) electrons. The maximum atomic E-state index is 12.6. The van der Waals surface area contributed by atoms with Crippen LogP contribution in [0, 0.1) is 13.8 Å². The zero-order valence-corrected chi connectivity index (χ0v) is 16.4. The van der Waals surface area contributed by atoms with Gasteiger partial charge in [-0.3, -0.25) is 19.0 Å².